The van der Waals surface area contributed by atoms with Crippen molar-refractivity contribution in [3.05, 3.63) is 83.9 Å². The van der Waals surface area contributed by atoms with Gasteiger partial charge in [-0.2, -0.15) is 5.10 Å². The molecule has 3 heterocycles. The van der Waals surface area contributed by atoms with Crippen molar-refractivity contribution in [2.75, 3.05) is 13.1 Å². The Morgan fingerprint density at radius 2 is 1.84 bits per heavy atom. The summed E-state index contributed by atoms with van der Waals surface area (Å²) in [5.74, 6) is 1.54. The van der Waals surface area contributed by atoms with Gasteiger partial charge in [0.15, 0.2) is 11.5 Å². The molecule has 1 aliphatic rings. The van der Waals surface area contributed by atoms with Crippen LogP contribution >= 0.6 is 0 Å². The van der Waals surface area contributed by atoms with E-state index in [0.29, 0.717) is 31.2 Å². The van der Waals surface area contributed by atoms with Gasteiger partial charge in [0.2, 0.25) is 0 Å². The van der Waals surface area contributed by atoms with Gasteiger partial charge < -0.3 is 4.90 Å². The first kappa shape index (κ1) is 19.2. The molecule has 0 bridgehead atoms. The van der Waals surface area contributed by atoms with Crippen LogP contribution in [0.1, 0.15) is 40.6 Å². The third-order valence-electron chi connectivity index (χ3n) is 5.58. The quantitative estimate of drug-likeness (QED) is 0.543. The van der Waals surface area contributed by atoms with Crippen molar-refractivity contribution in [1.29, 1.82) is 0 Å². The minimum Gasteiger partial charge on any atom is -0.336 e. The number of likely N-dealkylation sites (tertiary alicyclic amines) is 1. The van der Waals surface area contributed by atoms with Gasteiger partial charge in [-0.05, 0) is 18.4 Å². The number of carbonyl (C=O) groups is 1. The first-order valence-electron chi connectivity index (χ1n) is 10.5. The Balaban J connectivity index is 1.26. The van der Waals surface area contributed by atoms with Crippen molar-refractivity contribution in [3.8, 4) is 11.4 Å². The number of aromatic amines is 1. The number of piperidine rings is 1. The maximum Gasteiger partial charge on any atom is 0.276 e. The standard InChI is InChI=1S/C23H23N7O/c31-23(20-16-30(28-25-20)14-17-8-3-1-4-9-17)29-13-7-12-19(15-29)22-24-21(26-27-22)18-10-5-2-6-11-18/h1-6,8-11,16,19H,7,12-15H2,(H,24,26,27)/t19-/m0/s1. The average Bonchev–Trinajstić information content (AvgIpc) is 3.50. The highest BCUT2D eigenvalue weighted by molar-refractivity contribution is 5.92. The van der Waals surface area contributed by atoms with Gasteiger partial charge in [0.1, 0.15) is 5.82 Å². The summed E-state index contributed by atoms with van der Waals surface area (Å²) in [6.45, 7) is 1.89. The van der Waals surface area contributed by atoms with Crippen molar-refractivity contribution in [2.24, 2.45) is 0 Å². The Bertz CT molecular complexity index is 1150. The normalized spacial score (nSPS) is 16.4. The maximum absolute atomic E-state index is 13.0. The van der Waals surface area contributed by atoms with E-state index in [2.05, 4.69) is 25.5 Å². The molecule has 1 N–H and O–H groups in total. The Morgan fingerprint density at radius 3 is 2.65 bits per heavy atom. The zero-order valence-corrected chi connectivity index (χ0v) is 17.1. The monoisotopic (exact) mass is 413 g/mol. The van der Waals surface area contributed by atoms with Gasteiger partial charge in [0, 0.05) is 24.6 Å². The smallest absolute Gasteiger partial charge is 0.276 e. The fourth-order valence-electron chi connectivity index (χ4n) is 3.96. The van der Waals surface area contributed by atoms with Crippen LogP contribution in [0.15, 0.2) is 66.9 Å². The van der Waals surface area contributed by atoms with E-state index in [4.69, 9.17) is 0 Å². The van der Waals surface area contributed by atoms with Crippen LogP contribution < -0.4 is 0 Å². The van der Waals surface area contributed by atoms with Crippen molar-refractivity contribution in [3.63, 3.8) is 0 Å². The summed E-state index contributed by atoms with van der Waals surface area (Å²) in [5, 5.41) is 15.7. The molecule has 0 radical (unpaired) electrons. The van der Waals surface area contributed by atoms with Gasteiger partial charge in [-0.1, -0.05) is 65.9 Å². The molecule has 8 heteroatoms. The molecular weight excluding hydrogens is 390 g/mol. The molecule has 2 aromatic heterocycles. The summed E-state index contributed by atoms with van der Waals surface area (Å²) in [4.78, 5) is 19.6. The number of H-pyrrole nitrogens is 1. The molecule has 1 atom stereocenters. The van der Waals surface area contributed by atoms with E-state index in [1.165, 1.54) is 0 Å². The minimum absolute atomic E-state index is 0.0909. The number of rotatable bonds is 5. The molecule has 0 saturated carbocycles. The summed E-state index contributed by atoms with van der Waals surface area (Å²) in [6, 6.07) is 19.9. The Kier molecular flexibility index (Phi) is 5.26. The second-order valence-corrected chi connectivity index (χ2v) is 7.79. The highest BCUT2D eigenvalue weighted by Gasteiger charge is 2.29. The first-order chi connectivity index (χ1) is 15.3. The van der Waals surface area contributed by atoms with Crippen molar-refractivity contribution < 1.29 is 4.79 Å². The van der Waals surface area contributed by atoms with Gasteiger partial charge in [-0.15, -0.1) is 5.10 Å². The number of aromatic nitrogens is 6. The molecule has 1 saturated heterocycles. The summed E-state index contributed by atoms with van der Waals surface area (Å²) < 4.78 is 1.70. The van der Waals surface area contributed by atoms with Crippen LogP contribution in [0.2, 0.25) is 0 Å². The molecule has 1 aliphatic heterocycles. The first-order valence-corrected chi connectivity index (χ1v) is 10.5. The van der Waals surface area contributed by atoms with Gasteiger partial charge in [0.25, 0.3) is 5.91 Å². The van der Waals surface area contributed by atoms with Crippen LogP contribution in [0.3, 0.4) is 0 Å². The number of hydrogen-bond acceptors (Lipinski definition) is 5. The highest BCUT2D eigenvalue weighted by Crippen LogP contribution is 2.26. The fraction of sp³-hybridized carbons (Fsp3) is 0.261. The topological polar surface area (TPSA) is 92.6 Å². The minimum atomic E-state index is -0.0909. The van der Waals surface area contributed by atoms with Gasteiger partial charge in [-0.3, -0.25) is 9.89 Å². The predicted molar refractivity (Wildman–Crippen MR) is 115 cm³/mol. The zero-order valence-electron chi connectivity index (χ0n) is 17.1. The highest BCUT2D eigenvalue weighted by atomic mass is 16.2. The average molecular weight is 413 g/mol. The van der Waals surface area contributed by atoms with Crippen LogP contribution in [-0.2, 0) is 6.54 Å². The molecule has 31 heavy (non-hydrogen) atoms. The number of nitrogens with zero attached hydrogens (tertiary/aromatic N) is 6. The molecule has 4 aromatic rings. The van der Waals surface area contributed by atoms with Gasteiger partial charge >= 0.3 is 0 Å². The summed E-state index contributed by atoms with van der Waals surface area (Å²) >= 11 is 0. The molecule has 0 unspecified atom stereocenters. The van der Waals surface area contributed by atoms with Gasteiger partial charge in [-0.25, -0.2) is 9.67 Å². The lowest BCUT2D eigenvalue weighted by atomic mass is 9.97. The van der Waals surface area contributed by atoms with E-state index < -0.39 is 0 Å². The number of carbonyl (C=O) groups excluding carboxylic acids is 1. The number of amides is 1. The lowest BCUT2D eigenvalue weighted by molar-refractivity contribution is 0.0698. The van der Waals surface area contributed by atoms with E-state index >= 15 is 0 Å². The molecule has 1 fully saturated rings. The van der Waals surface area contributed by atoms with Crippen LogP contribution in [0, 0.1) is 0 Å². The molecule has 8 nitrogen and oxygen atoms in total. The Morgan fingerprint density at radius 1 is 1.06 bits per heavy atom. The van der Waals surface area contributed by atoms with E-state index in [9.17, 15) is 4.79 Å². The van der Waals surface area contributed by atoms with E-state index in [1.54, 1.807) is 10.9 Å². The lowest BCUT2D eigenvalue weighted by Crippen LogP contribution is -2.39. The van der Waals surface area contributed by atoms with E-state index in [1.807, 2.05) is 65.6 Å². The summed E-state index contributed by atoms with van der Waals surface area (Å²) in [5.41, 5.74) is 2.46. The molecule has 0 aliphatic carbocycles. The van der Waals surface area contributed by atoms with Crippen LogP contribution in [-0.4, -0.2) is 54.1 Å². The SMILES string of the molecule is O=C(c1cn(Cc2ccccc2)nn1)N1CCC[C@H](c2nc(-c3ccccc3)n[nH]2)C1. The van der Waals surface area contributed by atoms with Crippen molar-refractivity contribution in [2.45, 2.75) is 25.3 Å². The largest absolute Gasteiger partial charge is 0.336 e. The van der Waals surface area contributed by atoms with Gasteiger partial charge in [0.05, 0.1) is 12.7 Å². The van der Waals surface area contributed by atoms with Crippen LogP contribution in [0.25, 0.3) is 11.4 Å². The van der Waals surface area contributed by atoms with Crippen molar-refractivity contribution in [1.82, 2.24) is 35.1 Å². The number of benzene rings is 2. The summed E-state index contributed by atoms with van der Waals surface area (Å²) in [6.07, 6.45) is 3.60. The lowest BCUT2D eigenvalue weighted by Gasteiger charge is -2.31. The molecular formula is C23H23N7O. The second-order valence-electron chi connectivity index (χ2n) is 7.79. The van der Waals surface area contributed by atoms with E-state index in [-0.39, 0.29) is 11.8 Å². The maximum atomic E-state index is 13.0. The molecule has 156 valence electrons. The number of hydrogen-bond donors (Lipinski definition) is 1. The van der Waals surface area contributed by atoms with Crippen LogP contribution in [0.4, 0.5) is 0 Å². The predicted octanol–water partition coefficient (Wildman–Crippen LogP) is 3.13. The summed E-state index contributed by atoms with van der Waals surface area (Å²) in [7, 11) is 0. The number of nitrogens with one attached hydrogen (secondary N) is 1. The molecule has 2 aromatic carbocycles. The fourth-order valence-corrected chi connectivity index (χ4v) is 3.96. The second kappa shape index (κ2) is 8.51. The van der Waals surface area contributed by atoms with Crippen LogP contribution in [0.5, 0.6) is 0 Å². The Labute approximate surface area is 179 Å². The zero-order chi connectivity index (χ0) is 21.0. The third kappa shape index (κ3) is 4.23. The van der Waals surface area contributed by atoms with E-state index in [0.717, 1.165) is 29.8 Å². The molecule has 1 amide bonds. The molecule has 0 spiro atoms. The third-order valence-corrected chi connectivity index (χ3v) is 5.58. The Hall–Kier alpha value is -3.81. The molecule has 5 rings (SSSR count). The van der Waals surface area contributed by atoms with Crippen molar-refractivity contribution >= 4 is 5.91 Å².